The summed E-state index contributed by atoms with van der Waals surface area (Å²) in [6, 6.07) is 5.17. The molecule has 0 amide bonds. The van der Waals surface area contributed by atoms with Crippen molar-refractivity contribution in [2.75, 3.05) is 0 Å². The lowest BCUT2D eigenvalue weighted by Crippen LogP contribution is -1.93. The number of benzene rings is 1. The smallest absolute Gasteiger partial charge is 0.159 e. The maximum absolute atomic E-state index is 11.1. The molecule has 0 saturated heterocycles. The van der Waals surface area contributed by atoms with Crippen molar-refractivity contribution < 1.29 is 4.79 Å². The lowest BCUT2D eigenvalue weighted by Gasteiger charge is -1.98. The number of halogens is 1. The Morgan fingerprint density at radius 2 is 2.14 bits per heavy atom. The summed E-state index contributed by atoms with van der Waals surface area (Å²) in [4.78, 5) is 19.2. The summed E-state index contributed by atoms with van der Waals surface area (Å²) in [6.07, 6.45) is 1.47. The van der Waals surface area contributed by atoms with E-state index in [1.165, 1.54) is 13.1 Å². The minimum absolute atomic E-state index is 0.0173. The topological polar surface area (TPSA) is 42.9 Å². The van der Waals surface area contributed by atoms with Gasteiger partial charge in [-0.05, 0) is 25.1 Å². The average Bonchev–Trinajstić information content (AvgIpc) is 2.16. The second-order valence-electron chi connectivity index (χ2n) is 2.95. The summed E-state index contributed by atoms with van der Waals surface area (Å²) >= 11 is 5.68. The zero-order chi connectivity index (χ0) is 10.1. The van der Waals surface area contributed by atoms with Crippen LogP contribution in [0.3, 0.4) is 0 Å². The number of rotatable bonds is 1. The molecule has 0 radical (unpaired) electrons. The van der Waals surface area contributed by atoms with Crippen LogP contribution in [0.25, 0.3) is 11.0 Å². The summed E-state index contributed by atoms with van der Waals surface area (Å²) in [5.74, 6) is 0.0173. The summed E-state index contributed by atoms with van der Waals surface area (Å²) < 4.78 is 0. The highest BCUT2D eigenvalue weighted by molar-refractivity contribution is 6.29. The number of Topliss-reactive ketones (excluding diaryl/α,β-unsaturated/α-hetero) is 1. The minimum Gasteiger partial charge on any atom is -0.295 e. The van der Waals surface area contributed by atoms with E-state index in [0.717, 1.165) is 0 Å². The van der Waals surface area contributed by atoms with Crippen LogP contribution >= 0.6 is 11.6 Å². The maximum atomic E-state index is 11.1. The van der Waals surface area contributed by atoms with Crippen LogP contribution < -0.4 is 0 Å². The quantitative estimate of drug-likeness (QED) is 0.674. The Morgan fingerprint density at radius 3 is 2.86 bits per heavy atom. The molecule has 1 aromatic carbocycles. The van der Waals surface area contributed by atoms with E-state index in [0.29, 0.717) is 21.7 Å². The molecule has 0 aliphatic carbocycles. The van der Waals surface area contributed by atoms with Crippen LogP contribution in [0.2, 0.25) is 5.15 Å². The molecule has 70 valence electrons. The van der Waals surface area contributed by atoms with Crippen molar-refractivity contribution in [2.24, 2.45) is 0 Å². The van der Waals surface area contributed by atoms with Crippen molar-refractivity contribution in [2.45, 2.75) is 6.92 Å². The van der Waals surface area contributed by atoms with Gasteiger partial charge in [0.05, 0.1) is 17.2 Å². The van der Waals surface area contributed by atoms with Crippen LogP contribution in [-0.2, 0) is 0 Å². The molecule has 0 spiro atoms. The van der Waals surface area contributed by atoms with Crippen molar-refractivity contribution in [3.63, 3.8) is 0 Å². The SMILES string of the molecule is CC(=O)c1ccc2nc(Cl)cnc2c1. The first kappa shape index (κ1) is 9.09. The van der Waals surface area contributed by atoms with Crippen molar-refractivity contribution in [3.05, 3.63) is 35.1 Å². The minimum atomic E-state index is 0.0173. The molecule has 0 bridgehead atoms. The van der Waals surface area contributed by atoms with Crippen LogP contribution in [-0.4, -0.2) is 15.8 Å². The van der Waals surface area contributed by atoms with Gasteiger partial charge < -0.3 is 0 Å². The third-order valence-electron chi connectivity index (χ3n) is 1.92. The van der Waals surface area contributed by atoms with Crippen molar-refractivity contribution in [1.29, 1.82) is 0 Å². The molecule has 0 unspecified atom stereocenters. The van der Waals surface area contributed by atoms with E-state index in [1.807, 2.05) is 0 Å². The monoisotopic (exact) mass is 206 g/mol. The molecular weight excluding hydrogens is 200 g/mol. The molecule has 0 fully saturated rings. The fourth-order valence-electron chi connectivity index (χ4n) is 1.21. The zero-order valence-electron chi connectivity index (χ0n) is 7.49. The number of ketones is 1. The third-order valence-corrected chi connectivity index (χ3v) is 2.10. The first-order chi connectivity index (χ1) is 6.66. The molecule has 0 aliphatic rings. The van der Waals surface area contributed by atoms with Gasteiger partial charge in [0.15, 0.2) is 5.78 Å². The molecule has 0 atom stereocenters. The predicted octanol–water partition coefficient (Wildman–Crippen LogP) is 2.49. The Labute approximate surface area is 85.7 Å². The lowest BCUT2D eigenvalue weighted by molar-refractivity contribution is 0.101. The number of carbonyl (C=O) groups excluding carboxylic acids is 1. The molecule has 2 aromatic rings. The highest BCUT2D eigenvalue weighted by Gasteiger charge is 2.02. The molecule has 0 N–H and O–H groups in total. The summed E-state index contributed by atoms with van der Waals surface area (Å²) in [7, 11) is 0. The van der Waals surface area contributed by atoms with Gasteiger partial charge in [-0.1, -0.05) is 11.6 Å². The second kappa shape index (κ2) is 3.35. The molecule has 1 heterocycles. The van der Waals surface area contributed by atoms with Gasteiger partial charge in [0.1, 0.15) is 5.15 Å². The molecule has 3 nitrogen and oxygen atoms in total. The van der Waals surface area contributed by atoms with E-state index in [4.69, 9.17) is 11.6 Å². The lowest BCUT2D eigenvalue weighted by atomic mass is 10.1. The van der Waals surface area contributed by atoms with Crippen LogP contribution in [0, 0.1) is 0 Å². The number of fused-ring (bicyclic) bond motifs is 1. The van der Waals surface area contributed by atoms with E-state index in [-0.39, 0.29) is 5.78 Å². The van der Waals surface area contributed by atoms with Gasteiger partial charge in [0, 0.05) is 5.56 Å². The summed E-state index contributed by atoms with van der Waals surface area (Å²) in [6.45, 7) is 1.52. The van der Waals surface area contributed by atoms with Crippen molar-refractivity contribution in [1.82, 2.24) is 9.97 Å². The maximum Gasteiger partial charge on any atom is 0.159 e. The van der Waals surface area contributed by atoms with Gasteiger partial charge in [-0.15, -0.1) is 0 Å². The standard InChI is InChI=1S/C10H7ClN2O/c1-6(14)7-2-3-8-9(4-7)12-5-10(11)13-8/h2-5H,1H3. The molecule has 2 rings (SSSR count). The van der Waals surface area contributed by atoms with Gasteiger partial charge in [-0.3, -0.25) is 9.78 Å². The second-order valence-corrected chi connectivity index (χ2v) is 3.34. The van der Waals surface area contributed by atoms with Gasteiger partial charge in [0.25, 0.3) is 0 Å². The van der Waals surface area contributed by atoms with Gasteiger partial charge in [0.2, 0.25) is 0 Å². The Kier molecular flexibility index (Phi) is 2.17. The van der Waals surface area contributed by atoms with Crippen molar-refractivity contribution >= 4 is 28.4 Å². The summed E-state index contributed by atoms with van der Waals surface area (Å²) in [5, 5.41) is 0.355. The number of nitrogens with zero attached hydrogens (tertiary/aromatic N) is 2. The van der Waals surface area contributed by atoms with Crippen molar-refractivity contribution in [3.8, 4) is 0 Å². The van der Waals surface area contributed by atoms with Gasteiger partial charge >= 0.3 is 0 Å². The van der Waals surface area contributed by atoms with Gasteiger partial charge in [-0.2, -0.15) is 0 Å². The van der Waals surface area contributed by atoms with E-state index >= 15 is 0 Å². The Balaban J connectivity index is 2.67. The zero-order valence-corrected chi connectivity index (χ0v) is 8.25. The van der Waals surface area contributed by atoms with Crippen LogP contribution in [0.15, 0.2) is 24.4 Å². The van der Waals surface area contributed by atoms with Gasteiger partial charge in [-0.25, -0.2) is 4.98 Å². The fourth-order valence-corrected chi connectivity index (χ4v) is 1.35. The average molecular weight is 207 g/mol. The van der Waals surface area contributed by atoms with E-state index < -0.39 is 0 Å². The highest BCUT2D eigenvalue weighted by Crippen LogP contribution is 2.14. The molecule has 14 heavy (non-hydrogen) atoms. The largest absolute Gasteiger partial charge is 0.295 e. The first-order valence-corrected chi connectivity index (χ1v) is 4.48. The van der Waals surface area contributed by atoms with Crippen LogP contribution in [0.1, 0.15) is 17.3 Å². The molecular formula is C10H7ClN2O. The number of hydrogen-bond acceptors (Lipinski definition) is 3. The number of carbonyl (C=O) groups is 1. The summed E-state index contributed by atoms with van der Waals surface area (Å²) in [5.41, 5.74) is 2.01. The van der Waals surface area contributed by atoms with E-state index in [9.17, 15) is 4.79 Å². The predicted molar refractivity (Wildman–Crippen MR) is 54.6 cm³/mol. The fraction of sp³-hybridized carbons (Fsp3) is 0.100. The number of aromatic nitrogens is 2. The Morgan fingerprint density at radius 1 is 1.36 bits per heavy atom. The highest BCUT2D eigenvalue weighted by atomic mass is 35.5. The third kappa shape index (κ3) is 1.59. The van der Waals surface area contributed by atoms with E-state index in [2.05, 4.69) is 9.97 Å². The Hall–Kier alpha value is -1.48. The molecule has 0 aliphatic heterocycles. The van der Waals surface area contributed by atoms with E-state index in [1.54, 1.807) is 18.2 Å². The molecule has 1 aromatic heterocycles. The van der Waals surface area contributed by atoms with Crippen LogP contribution in [0.5, 0.6) is 0 Å². The Bertz CT molecular complexity index is 510. The van der Waals surface area contributed by atoms with Crippen LogP contribution in [0.4, 0.5) is 0 Å². The normalized spacial score (nSPS) is 10.4. The first-order valence-electron chi connectivity index (χ1n) is 4.10. The molecule has 0 saturated carbocycles. The number of hydrogen-bond donors (Lipinski definition) is 0. The molecule has 4 heteroatoms.